The number of halogens is 1. The van der Waals surface area contributed by atoms with E-state index in [9.17, 15) is 0 Å². The lowest BCUT2D eigenvalue weighted by Crippen LogP contribution is -2.04. The lowest BCUT2D eigenvalue weighted by Gasteiger charge is -2.04. The molecule has 0 aromatic carbocycles. The van der Waals surface area contributed by atoms with Crippen molar-refractivity contribution in [1.82, 2.24) is 24.7 Å². The Morgan fingerprint density at radius 3 is 2.53 bits per heavy atom. The fourth-order valence-corrected chi connectivity index (χ4v) is 1.42. The van der Waals surface area contributed by atoms with E-state index in [4.69, 9.17) is 11.6 Å². The average molecular weight is 224 g/mol. The first kappa shape index (κ1) is 10.0. The first-order chi connectivity index (χ1) is 7.16. The van der Waals surface area contributed by atoms with Gasteiger partial charge in [-0.1, -0.05) is 0 Å². The average Bonchev–Trinajstić information content (AvgIpc) is 2.53. The highest BCUT2D eigenvalue weighted by Gasteiger charge is 2.07. The molecular weight excluding hydrogens is 214 g/mol. The normalized spacial score (nSPS) is 10.6. The maximum absolute atomic E-state index is 5.87. The second-order valence-corrected chi connectivity index (χ2v) is 3.59. The fourth-order valence-electron chi connectivity index (χ4n) is 1.20. The Labute approximate surface area is 92.2 Å². The van der Waals surface area contributed by atoms with Crippen molar-refractivity contribution in [2.75, 3.05) is 0 Å². The topological polar surface area (TPSA) is 56.5 Å². The van der Waals surface area contributed by atoms with Gasteiger partial charge in [-0.2, -0.15) is 0 Å². The van der Waals surface area contributed by atoms with E-state index in [0.717, 1.165) is 17.2 Å². The largest absolute Gasteiger partial charge is 0.296 e. The quantitative estimate of drug-likeness (QED) is 0.772. The van der Waals surface area contributed by atoms with Crippen LogP contribution in [0.2, 0.25) is 5.28 Å². The van der Waals surface area contributed by atoms with Gasteiger partial charge < -0.3 is 0 Å². The van der Waals surface area contributed by atoms with Crippen molar-refractivity contribution in [3.05, 3.63) is 34.9 Å². The molecule has 0 aliphatic heterocycles. The minimum Gasteiger partial charge on any atom is -0.296 e. The number of aryl methyl sites for hydroxylation is 2. The monoisotopic (exact) mass is 223 g/mol. The van der Waals surface area contributed by atoms with E-state index in [-0.39, 0.29) is 0 Å². The first-order valence-corrected chi connectivity index (χ1v) is 4.87. The zero-order chi connectivity index (χ0) is 10.8. The number of aromatic nitrogens is 5. The summed E-state index contributed by atoms with van der Waals surface area (Å²) in [4.78, 5) is 8.40. The van der Waals surface area contributed by atoms with Crippen molar-refractivity contribution in [3.63, 3.8) is 0 Å². The molecule has 2 aromatic rings. The molecule has 15 heavy (non-hydrogen) atoms. The summed E-state index contributed by atoms with van der Waals surface area (Å²) in [5.41, 5.74) is 1.73. The van der Waals surface area contributed by atoms with Crippen LogP contribution in [0.25, 0.3) is 0 Å². The molecule has 0 aliphatic carbocycles. The third kappa shape index (κ3) is 2.12. The SMILES string of the molecule is Cc1cnc(Cn2c(C)nnc2Cl)cn1. The molecule has 0 atom stereocenters. The van der Waals surface area contributed by atoms with Crippen molar-refractivity contribution < 1.29 is 0 Å². The Morgan fingerprint density at radius 2 is 2.00 bits per heavy atom. The van der Waals surface area contributed by atoms with Crippen LogP contribution in [0.4, 0.5) is 0 Å². The predicted molar refractivity (Wildman–Crippen MR) is 55.6 cm³/mol. The molecule has 2 heterocycles. The molecule has 0 bridgehead atoms. The van der Waals surface area contributed by atoms with E-state index in [1.54, 1.807) is 17.0 Å². The van der Waals surface area contributed by atoms with E-state index >= 15 is 0 Å². The van der Waals surface area contributed by atoms with Crippen LogP contribution in [0.5, 0.6) is 0 Å². The molecule has 2 aromatic heterocycles. The molecule has 0 spiro atoms. The van der Waals surface area contributed by atoms with E-state index in [1.165, 1.54) is 0 Å². The highest BCUT2D eigenvalue weighted by atomic mass is 35.5. The van der Waals surface area contributed by atoms with E-state index < -0.39 is 0 Å². The Morgan fingerprint density at radius 1 is 1.20 bits per heavy atom. The summed E-state index contributed by atoms with van der Waals surface area (Å²) in [6.45, 7) is 4.29. The molecule has 78 valence electrons. The van der Waals surface area contributed by atoms with Crippen molar-refractivity contribution in [1.29, 1.82) is 0 Å². The van der Waals surface area contributed by atoms with Gasteiger partial charge in [0.15, 0.2) is 0 Å². The molecule has 0 N–H and O–H groups in total. The maximum atomic E-state index is 5.87. The van der Waals surface area contributed by atoms with Crippen LogP contribution < -0.4 is 0 Å². The van der Waals surface area contributed by atoms with Gasteiger partial charge in [-0.15, -0.1) is 10.2 Å². The lowest BCUT2D eigenvalue weighted by molar-refractivity contribution is 0.736. The van der Waals surface area contributed by atoms with Crippen LogP contribution in [0.1, 0.15) is 17.2 Å². The molecule has 0 amide bonds. The van der Waals surface area contributed by atoms with Gasteiger partial charge in [0.1, 0.15) is 5.82 Å². The van der Waals surface area contributed by atoms with Gasteiger partial charge in [-0.25, -0.2) is 0 Å². The summed E-state index contributed by atoms with van der Waals surface area (Å²) in [6.07, 6.45) is 3.45. The van der Waals surface area contributed by atoms with Gasteiger partial charge in [0, 0.05) is 6.20 Å². The summed E-state index contributed by atoms with van der Waals surface area (Å²) >= 11 is 5.87. The fraction of sp³-hybridized carbons (Fsp3) is 0.333. The number of hydrogen-bond acceptors (Lipinski definition) is 4. The summed E-state index contributed by atoms with van der Waals surface area (Å²) in [7, 11) is 0. The second-order valence-electron chi connectivity index (χ2n) is 3.25. The zero-order valence-electron chi connectivity index (χ0n) is 8.48. The predicted octanol–water partition coefficient (Wildman–Crippen LogP) is 1.39. The van der Waals surface area contributed by atoms with Crippen molar-refractivity contribution in [2.24, 2.45) is 0 Å². The highest BCUT2D eigenvalue weighted by Crippen LogP contribution is 2.09. The number of rotatable bonds is 2. The van der Waals surface area contributed by atoms with Crippen LogP contribution in [-0.4, -0.2) is 24.7 Å². The highest BCUT2D eigenvalue weighted by molar-refractivity contribution is 6.28. The van der Waals surface area contributed by atoms with Gasteiger partial charge in [0.05, 0.1) is 24.1 Å². The van der Waals surface area contributed by atoms with Gasteiger partial charge >= 0.3 is 0 Å². The van der Waals surface area contributed by atoms with Gasteiger partial charge in [0.2, 0.25) is 5.28 Å². The number of nitrogens with zero attached hydrogens (tertiary/aromatic N) is 5. The lowest BCUT2D eigenvalue weighted by atomic mass is 10.4. The Balaban J connectivity index is 2.25. The van der Waals surface area contributed by atoms with E-state index in [2.05, 4.69) is 20.2 Å². The summed E-state index contributed by atoms with van der Waals surface area (Å²) in [5.74, 6) is 0.766. The standard InChI is InChI=1S/C9H10ClN5/c1-6-3-12-8(4-11-6)5-15-7(2)13-14-9(15)10/h3-4H,5H2,1-2H3. The third-order valence-corrected chi connectivity index (χ3v) is 2.32. The van der Waals surface area contributed by atoms with E-state index in [0.29, 0.717) is 11.8 Å². The minimum atomic E-state index is 0.370. The van der Waals surface area contributed by atoms with Crippen LogP contribution in [0, 0.1) is 13.8 Å². The Hall–Kier alpha value is -1.49. The third-order valence-electron chi connectivity index (χ3n) is 2.05. The van der Waals surface area contributed by atoms with Crippen molar-refractivity contribution in [3.8, 4) is 0 Å². The minimum absolute atomic E-state index is 0.370. The van der Waals surface area contributed by atoms with E-state index in [1.807, 2.05) is 13.8 Å². The molecule has 0 saturated heterocycles. The Bertz CT molecular complexity index is 442. The smallest absolute Gasteiger partial charge is 0.225 e. The molecule has 0 fully saturated rings. The van der Waals surface area contributed by atoms with Gasteiger partial charge in [-0.3, -0.25) is 14.5 Å². The Kier molecular flexibility index (Phi) is 2.64. The molecule has 5 nitrogen and oxygen atoms in total. The van der Waals surface area contributed by atoms with Gasteiger partial charge in [-0.05, 0) is 25.4 Å². The van der Waals surface area contributed by atoms with Gasteiger partial charge in [0.25, 0.3) is 0 Å². The summed E-state index contributed by atoms with van der Waals surface area (Å²) in [6, 6.07) is 0. The summed E-state index contributed by atoms with van der Waals surface area (Å²) in [5, 5.41) is 7.99. The maximum Gasteiger partial charge on any atom is 0.225 e. The molecule has 2 rings (SSSR count). The van der Waals surface area contributed by atoms with Crippen molar-refractivity contribution >= 4 is 11.6 Å². The second kappa shape index (κ2) is 3.94. The molecule has 0 radical (unpaired) electrons. The molecule has 6 heteroatoms. The molecule has 0 aliphatic rings. The number of hydrogen-bond donors (Lipinski definition) is 0. The molecular formula is C9H10ClN5. The molecule has 0 saturated carbocycles. The van der Waals surface area contributed by atoms with Crippen molar-refractivity contribution in [2.45, 2.75) is 20.4 Å². The van der Waals surface area contributed by atoms with Crippen LogP contribution in [-0.2, 0) is 6.54 Å². The first-order valence-electron chi connectivity index (χ1n) is 4.49. The summed E-state index contributed by atoms with van der Waals surface area (Å²) < 4.78 is 1.78. The van der Waals surface area contributed by atoms with Crippen LogP contribution >= 0.6 is 11.6 Å². The van der Waals surface area contributed by atoms with Crippen LogP contribution in [0.15, 0.2) is 12.4 Å². The van der Waals surface area contributed by atoms with Crippen LogP contribution in [0.3, 0.4) is 0 Å². The molecule has 0 unspecified atom stereocenters. The zero-order valence-corrected chi connectivity index (χ0v) is 9.23.